The highest BCUT2D eigenvalue weighted by molar-refractivity contribution is 5.74. The van der Waals surface area contributed by atoms with Crippen molar-refractivity contribution in [2.24, 2.45) is 0 Å². The predicted molar refractivity (Wildman–Crippen MR) is 87.5 cm³/mol. The molecule has 2 N–H and O–H groups in total. The van der Waals surface area contributed by atoms with Gasteiger partial charge in [0.2, 0.25) is 0 Å². The number of likely N-dealkylation sites (tertiary alicyclic amines) is 1. The molecule has 1 unspecified atom stereocenters. The zero-order valence-corrected chi connectivity index (χ0v) is 14.1. The first-order valence-corrected chi connectivity index (χ1v) is 8.21. The van der Waals surface area contributed by atoms with E-state index >= 15 is 0 Å². The number of hydrogen-bond donors (Lipinski definition) is 2. The maximum atomic E-state index is 13.2. The van der Waals surface area contributed by atoms with Crippen molar-refractivity contribution in [3.8, 4) is 0 Å². The first-order valence-electron chi connectivity index (χ1n) is 8.21. The van der Waals surface area contributed by atoms with Crippen molar-refractivity contribution in [3.63, 3.8) is 0 Å². The molecule has 0 radical (unpaired) electrons. The molecule has 0 aromatic heterocycles. The van der Waals surface area contributed by atoms with Crippen molar-refractivity contribution < 1.29 is 18.7 Å². The lowest BCUT2D eigenvalue weighted by atomic mass is 10.0. The summed E-state index contributed by atoms with van der Waals surface area (Å²) < 4.78 is 26.2. The van der Waals surface area contributed by atoms with Crippen molar-refractivity contribution >= 4 is 6.03 Å². The van der Waals surface area contributed by atoms with E-state index in [1.165, 1.54) is 11.0 Å². The molecule has 134 valence electrons. The SMILES string of the molecule is CC(O)CN(C)C(=O)NC1CCN(Cc2ccc(F)c(F)c2)CC1. The number of rotatable bonds is 5. The van der Waals surface area contributed by atoms with Crippen LogP contribution in [0.4, 0.5) is 13.6 Å². The molecule has 0 saturated carbocycles. The Bertz CT molecular complexity index is 561. The van der Waals surface area contributed by atoms with Crippen LogP contribution in [0.2, 0.25) is 0 Å². The van der Waals surface area contributed by atoms with Crippen LogP contribution in [0.1, 0.15) is 25.3 Å². The van der Waals surface area contributed by atoms with Gasteiger partial charge >= 0.3 is 6.03 Å². The average Bonchev–Trinajstić information content (AvgIpc) is 2.52. The van der Waals surface area contributed by atoms with Crippen LogP contribution in [-0.2, 0) is 6.54 Å². The third-order valence-corrected chi connectivity index (χ3v) is 4.19. The number of urea groups is 1. The summed E-state index contributed by atoms with van der Waals surface area (Å²) in [5.41, 5.74) is 0.744. The summed E-state index contributed by atoms with van der Waals surface area (Å²) in [4.78, 5) is 15.6. The number of hydrogen-bond acceptors (Lipinski definition) is 3. The number of halogens is 2. The lowest BCUT2D eigenvalue weighted by Crippen LogP contribution is -2.49. The molecule has 1 aliphatic heterocycles. The van der Waals surface area contributed by atoms with Crippen LogP contribution >= 0.6 is 0 Å². The number of aliphatic hydroxyl groups excluding tert-OH is 1. The normalized spacial score (nSPS) is 17.5. The third kappa shape index (κ3) is 5.42. The van der Waals surface area contributed by atoms with Gasteiger partial charge in [0.05, 0.1) is 6.10 Å². The number of piperidine rings is 1. The van der Waals surface area contributed by atoms with Crippen LogP contribution < -0.4 is 5.32 Å². The van der Waals surface area contributed by atoms with E-state index in [0.717, 1.165) is 37.6 Å². The van der Waals surface area contributed by atoms with E-state index in [1.807, 2.05) is 0 Å². The minimum Gasteiger partial charge on any atom is -0.392 e. The Morgan fingerprint density at radius 1 is 1.38 bits per heavy atom. The Morgan fingerprint density at radius 3 is 2.62 bits per heavy atom. The van der Waals surface area contributed by atoms with E-state index < -0.39 is 17.7 Å². The van der Waals surface area contributed by atoms with Crippen molar-refractivity contribution in [1.29, 1.82) is 0 Å². The van der Waals surface area contributed by atoms with Crippen LogP contribution in [0.15, 0.2) is 18.2 Å². The van der Waals surface area contributed by atoms with Gasteiger partial charge < -0.3 is 15.3 Å². The molecular weight excluding hydrogens is 316 g/mol. The Balaban J connectivity index is 1.76. The molecule has 24 heavy (non-hydrogen) atoms. The molecule has 1 fully saturated rings. The van der Waals surface area contributed by atoms with Gasteiger partial charge in [-0.15, -0.1) is 0 Å². The minimum absolute atomic E-state index is 0.0927. The highest BCUT2D eigenvalue weighted by atomic mass is 19.2. The first kappa shape index (κ1) is 18.6. The molecular formula is C17H25F2N3O2. The van der Waals surface area contributed by atoms with E-state index in [-0.39, 0.29) is 12.1 Å². The van der Waals surface area contributed by atoms with Crippen LogP contribution in [0, 0.1) is 11.6 Å². The summed E-state index contributed by atoms with van der Waals surface area (Å²) in [5.74, 6) is -1.66. The standard InChI is InChI=1S/C17H25F2N3O2/c1-12(23)10-21(2)17(24)20-14-5-7-22(8-6-14)11-13-3-4-15(18)16(19)9-13/h3-4,9,12,14,23H,5-8,10-11H2,1-2H3,(H,20,24). The average molecular weight is 341 g/mol. The quantitative estimate of drug-likeness (QED) is 0.861. The maximum absolute atomic E-state index is 13.2. The van der Waals surface area contributed by atoms with Gasteiger partial charge in [0, 0.05) is 39.3 Å². The fraction of sp³-hybridized carbons (Fsp3) is 0.588. The molecule has 2 rings (SSSR count). The van der Waals surface area contributed by atoms with E-state index in [1.54, 1.807) is 20.0 Å². The molecule has 1 aliphatic rings. The van der Waals surface area contributed by atoms with E-state index in [9.17, 15) is 18.7 Å². The summed E-state index contributed by atoms with van der Waals surface area (Å²) in [6.45, 7) is 4.06. The Labute approximate surface area is 141 Å². The molecule has 0 bridgehead atoms. The molecule has 5 nitrogen and oxygen atoms in total. The topological polar surface area (TPSA) is 55.8 Å². The van der Waals surface area contributed by atoms with Gasteiger partial charge in [-0.25, -0.2) is 13.6 Å². The summed E-state index contributed by atoms with van der Waals surface area (Å²) in [7, 11) is 1.65. The summed E-state index contributed by atoms with van der Waals surface area (Å²) in [5, 5.41) is 12.3. The van der Waals surface area contributed by atoms with Gasteiger partial charge in [-0.05, 0) is 37.5 Å². The van der Waals surface area contributed by atoms with Crippen molar-refractivity contribution in [2.75, 3.05) is 26.7 Å². The Kier molecular flexibility index (Phi) is 6.51. The molecule has 1 saturated heterocycles. The predicted octanol–water partition coefficient (Wildman–Crippen LogP) is 1.95. The highest BCUT2D eigenvalue weighted by Gasteiger charge is 2.22. The van der Waals surface area contributed by atoms with Gasteiger partial charge in [-0.3, -0.25) is 4.90 Å². The van der Waals surface area contributed by atoms with Crippen LogP contribution in [0.3, 0.4) is 0 Å². The zero-order valence-electron chi connectivity index (χ0n) is 14.1. The largest absolute Gasteiger partial charge is 0.392 e. The number of nitrogens with zero attached hydrogens (tertiary/aromatic N) is 2. The number of amides is 2. The van der Waals surface area contributed by atoms with Gasteiger partial charge in [-0.2, -0.15) is 0 Å². The molecule has 1 atom stereocenters. The lowest BCUT2D eigenvalue weighted by Gasteiger charge is -2.33. The minimum atomic E-state index is -0.832. The van der Waals surface area contributed by atoms with Crippen LogP contribution in [-0.4, -0.2) is 59.8 Å². The van der Waals surface area contributed by atoms with Crippen LogP contribution in [0.5, 0.6) is 0 Å². The lowest BCUT2D eigenvalue weighted by molar-refractivity contribution is 0.137. The second kappa shape index (κ2) is 8.39. The number of likely N-dealkylation sites (N-methyl/N-ethyl adjacent to an activating group) is 1. The number of carbonyl (C=O) groups is 1. The molecule has 2 amide bonds. The zero-order chi connectivity index (χ0) is 17.7. The smallest absolute Gasteiger partial charge is 0.317 e. The molecule has 0 aliphatic carbocycles. The fourth-order valence-corrected chi connectivity index (χ4v) is 2.90. The number of nitrogens with one attached hydrogen (secondary N) is 1. The number of benzene rings is 1. The van der Waals surface area contributed by atoms with Crippen molar-refractivity contribution in [1.82, 2.24) is 15.1 Å². The Hall–Kier alpha value is -1.73. The van der Waals surface area contributed by atoms with E-state index in [0.29, 0.717) is 13.1 Å². The highest BCUT2D eigenvalue weighted by Crippen LogP contribution is 2.16. The molecule has 1 heterocycles. The maximum Gasteiger partial charge on any atom is 0.317 e. The summed E-state index contributed by atoms with van der Waals surface area (Å²) in [6.07, 6.45) is 1.05. The van der Waals surface area contributed by atoms with E-state index in [2.05, 4.69) is 10.2 Å². The van der Waals surface area contributed by atoms with Gasteiger partial charge in [0.25, 0.3) is 0 Å². The van der Waals surface area contributed by atoms with E-state index in [4.69, 9.17) is 0 Å². The summed E-state index contributed by atoms with van der Waals surface area (Å²) >= 11 is 0. The summed E-state index contributed by atoms with van der Waals surface area (Å²) in [6, 6.07) is 3.88. The molecule has 1 aromatic carbocycles. The monoisotopic (exact) mass is 341 g/mol. The first-order chi connectivity index (χ1) is 11.3. The Morgan fingerprint density at radius 2 is 2.04 bits per heavy atom. The van der Waals surface area contributed by atoms with Gasteiger partial charge in [0.1, 0.15) is 0 Å². The molecule has 1 aromatic rings. The second-order valence-corrected chi connectivity index (χ2v) is 6.48. The number of aliphatic hydroxyl groups is 1. The molecule has 7 heteroatoms. The fourth-order valence-electron chi connectivity index (χ4n) is 2.90. The number of carbonyl (C=O) groups excluding carboxylic acids is 1. The van der Waals surface area contributed by atoms with Crippen molar-refractivity contribution in [2.45, 2.75) is 38.5 Å². The van der Waals surface area contributed by atoms with Crippen molar-refractivity contribution in [3.05, 3.63) is 35.4 Å². The van der Waals surface area contributed by atoms with Gasteiger partial charge in [0.15, 0.2) is 11.6 Å². The third-order valence-electron chi connectivity index (χ3n) is 4.19. The second-order valence-electron chi connectivity index (χ2n) is 6.48. The van der Waals surface area contributed by atoms with Gasteiger partial charge in [-0.1, -0.05) is 6.07 Å². The van der Waals surface area contributed by atoms with Crippen LogP contribution in [0.25, 0.3) is 0 Å². The molecule has 0 spiro atoms.